The predicted octanol–water partition coefficient (Wildman–Crippen LogP) is 10.9. The number of aromatic nitrogens is 9. The second-order valence-corrected chi connectivity index (χ2v) is 23.1. The zero-order chi connectivity index (χ0) is 49.0. The van der Waals surface area contributed by atoms with Gasteiger partial charge < -0.3 is 19.6 Å². The number of fused-ring (bicyclic) bond motifs is 1. The van der Waals surface area contributed by atoms with Gasteiger partial charge in [-0.3, -0.25) is 0 Å². The molecule has 5 aromatic heterocycles. The molecule has 366 valence electrons. The van der Waals surface area contributed by atoms with E-state index in [9.17, 15) is 13.9 Å². The van der Waals surface area contributed by atoms with E-state index in [0.717, 1.165) is 94.9 Å². The van der Waals surface area contributed by atoms with E-state index in [-0.39, 0.29) is 23.8 Å². The molecule has 2 atom stereocenters. The number of halogens is 3. The van der Waals surface area contributed by atoms with Crippen LogP contribution in [0.1, 0.15) is 70.1 Å². The van der Waals surface area contributed by atoms with Gasteiger partial charge in [0.05, 0.1) is 18.0 Å². The van der Waals surface area contributed by atoms with E-state index in [4.69, 9.17) is 16.3 Å². The molecule has 0 bridgehead atoms. The number of rotatable bonds is 13. The molecule has 0 saturated carbocycles. The second kappa shape index (κ2) is 25.3. The standard InChI is InChI=1S/C24H27FN6OS2.C13H21N3O.C11H7ClFN2S2.W/c1-4-16-12-26-22(27-13-16)30-9-7-17(8-10-30)15(2)32-24-29-31-14-21(28-23(31)34-24)19-6-5-18(33-3)11-20(19)25;1-3-11-8-14-13(15-9-11)16-6-4-12(5-7-16)10(2)17;1-16-9-3-2-8(10(13)6-9)4-5-15-7-17-11(12)14-15;/h5-6,11-15,17H,4,7-10H2,1-3H3;8-10,12,17H,3-7H2,1-2H3;2-3,5-6H,1H3;/q;;-1;/t15-;10-;;/m00../s1. The van der Waals surface area contributed by atoms with Crippen LogP contribution in [0.4, 0.5) is 20.7 Å². The van der Waals surface area contributed by atoms with Crippen LogP contribution in [0, 0.1) is 32.5 Å². The Morgan fingerprint density at radius 3 is 1.86 bits per heavy atom. The van der Waals surface area contributed by atoms with Crippen molar-refractivity contribution in [2.45, 2.75) is 88.2 Å². The molecule has 13 nitrogen and oxygen atoms in total. The molecule has 0 spiro atoms. The second-order valence-electron chi connectivity index (χ2n) is 16.5. The van der Waals surface area contributed by atoms with Crippen molar-refractivity contribution < 1.29 is 38.0 Å². The summed E-state index contributed by atoms with van der Waals surface area (Å²) in [7, 11) is 0. The predicted molar refractivity (Wildman–Crippen MR) is 272 cm³/mol. The molecule has 7 aromatic rings. The van der Waals surface area contributed by atoms with E-state index in [1.54, 1.807) is 33.7 Å². The summed E-state index contributed by atoms with van der Waals surface area (Å²) < 4.78 is 39.1. The number of nitrogens with zero attached hydrogens (tertiary/aromatic N) is 11. The number of anilines is 2. The van der Waals surface area contributed by atoms with Gasteiger partial charge in [0.15, 0.2) is 0 Å². The van der Waals surface area contributed by atoms with Gasteiger partial charge in [0.1, 0.15) is 11.9 Å². The molecular formula is C48H55ClF2N11O2S4W-. The molecule has 69 heavy (non-hydrogen) atoms. The number of hydrogen-bond donors (Lipinski definition) is 1. The van der Waals surface area contributed by atoms with Crippen LogP contribution in [0.3, 0.4) is 0 Å². The topological polar surface area (TPSA) is 136 Å². The van der Waals surface area contributed by atoms with E-state index in [0.29, 0.717) is 43.3 Å². The van der Waals surface area contributed by atoms with E-state index in [1.807, 2.05) is 56.4 Å². The fourth-order valence-corrected chi connectivity index (χ4v) is 11.9. The van der Waals surface area contributed by atoms with Gasteiger partial charge >= 0.3 is 129 Å². The number of aryl methyl sites for hydroxylation is 2. The van der Waals surface area contributed by atoms with Crippen molar-refractivity contribution in [2.75, 3.05) is 48.5 Å². The number of aliphatic hydroxyl groups excluding tert-OH is 1. The third-order valence-electron chi connectivity index (χ3n) is 12.0. The molecular weight excluding hydrogens is 1150 g/mol. The average Bonchev–Trinajstić information content (AvgIpc) is 4.05. The number of ether oxygens (including phenoxy) is 1. The minimum absolute atomic E-state index is 0.0393. The minimum atomic E-state index is -0.287. The molecule has 0 aliphatic carbocycles. The summed E-state index contributed by atoms with van der Waals surface area (Å²) in [5, 5.41) is 18.7. The normalized spacial score (nSPS) is 15.4. The van der Waals surface area contributed by atoms with Gasteiger partial charge in [-0.1, -0.05) is 13.8 Å². The van der Waals surface area contributed by atoms with Crippen LogP contribution in [0.15, 0.2) is 77.2 Å². The Labute approximate surface area is 434 Å². The maximum atomic E-state index is 14.5. The van der Waals surface area contributed by atoms with Crippen molar-refractivity contribution in [2.24, 2.45) is 11.8 Å². The number of benzene rings is 2. The zero-order valence-electron chi connectivity index (χ0n) is 39.3. The quantitative estimate of drug-likeness (QED) is 0.0868. The first kappa shape index (κ1) is 52.7. The Morgan fingerprint density at radius 2 is 1.38 bits per heavy atom. The molecule has 0 radical (unpaired) electrons. The molecule has 2 aliphatic rings. The summed E-state index contributed by atoms with van der Waals surface area (Å²) in [4.78, 5) is 29.3. The molecule has 0 unspecified atom stereocenters. The number of piperidine rings is 2. The van der Waals surface area contributed by atoms with Gasteiger partial charge in [-0.05, 0) is 111 Å². The molecule has 7 heterocycles. The van der Waals surface area contributed by atoms with Crippen LogP contribution in [-0.2, 0) is 32.2 Å². The number of imidazole rings is 1. The number of aliphatic hydroxyl groups is 1. The summed E-state index contributed by atoms with van der Waals surface area (Å²) in [6.45, 7) is 11.9. The molecule has 2 aromatic carbocycles. The molecule has 2 aliphatic heterocycles. The van der Waals surface area contributed by atoms with Crippen LogP contribution in [0.2, 0.25) is 4.47 Å². The summed E-state index contributed by atoms with van der Waals surface area (Å²) in [6.07, 6.45) is 23.6. The van der Waals surface area contributed by atoms with E-state index in [2.05, 4.69) is 71.8 Å². The van der Waals surface area contributed by atoms with E-state index < -0.39 is 0 Å². The van der Waals surface area contributed by atoms with Crippen LogP contribution in [0.25, 0.3) is 22.4 Å². The number of hydrogen-bond acceptors (Lipinski definition) is 15. The third-order valence-corrected chi connectivity index (χ3v) is 16.8. The Morgan fingerprint density at radius 1 is 0.826 bits per heavy atom. The fraction of sp³-hybridized carbons (Fsp3) is 0.417. The molecule has 2 fully saturated rings. The average molecular weight is 1200 g/mol. The molecule has 2 saturated heterocycles. The van der Waals surface area contributed by atoms with Gasteiger partial charge in [0.2, 0.25) is 16.9 Å². The Bertz CT molecular complexity index is 2800. The molecule has 1 N–H and O–H groups in total. The summed E-state index contributed by atoms with van der Waals surface area (Å²) in [5.41, 5.74) is 3.80. The summed E-state index contributed by atoms with van der Waals surface area (Å²) >= 11 is 12.8. The first-order valence-corrected chi connectivity index (χ1v) is 28.6. The maximum absolute atomic E-state index is 14.5. The zero-order valence-corrected chi connectivity index (χ0v) is 46.2. The summed E-state index contributed by atoms with van der Waals surface area (Å²) in [5.74, 6) is 1.93. The van der Waals surface area contributed by atoms with Gasteiger partial charge in [0.25, 0.3) is 5.19 Å². The summed E-state index contributed by atoms with van der Waals surface area (Å²) in [6, 6.07) is 10.3. The van der Waals surface area contributed by atoms with Crippen LogP contribution < -0.4 is 14.5 Å². The van der Waals surface area contributed by atoms with Crippen molar-refractivity contribution in [3.63, 3.8) is 0 Å². The van der Waals surface area contributed by atoms with Gasteiger partial charge in [-0.2, -0.15) is 0 Å². The van der Waals surface area contributed by atoms with Crippen LogP contribution in [-0.4, -0.2) is 100 Å². The van der Waals surface area contributed by atoms with Crippen LogP contribution in [0.5, 0.6) is 5.19 Å². The van der Waals surface area contributed by atoms with Crippen molar-refractivity contribution in [3.8, 4) is 16.5 Å². The van der Waals surface area contributed by atoms with Crippen LogP contribution >= 0.6 is 57.8 Å². The Kier molecular flexibility index (Phi) is 19.4. The van der Waals surface area contributed by atoms with Crippen molar-refractivity contribution in [1.82, 2.24) is 44.3 Å². The number of thioether (sulfide) groups is 2. The van der Waals surface area contributed by atoms with E-state index in [1.165, 1.54) is 83.2 Å². The molecule has 0 amide bonds. The Balaban J connectivity index is 0.000000169. The SMILES string of the molecule is CCc1cnc(N2CCC([C@H](C)O)CC2)nc1.CCc1cnc(N2CCC([C@H](C)Oc3nn4cc(-c5ccc(SC)cc5F)nc4s3)CC2)nc1.CSc1ccc([C-]=Cn2nc(Cl)s[c]2=[W])c(F)c1. The van der Waals surface area contributed by atoms with Gasteiger partial charge in [-0.25, -0.2) is 33.8 Å². The first-order chi connectivity index (χ1) is 33.3. The van der Waals surface area contributed by atoms with Gasteiger partial charge in [0, 0.05) is 61.4 Å². The Hall–Kier alpha value is -4.10. The van der Waals surface area contributed by atoms with Crippen molar-refractivity contribution in [1.29, 1.82) is 0 Å². The van der Waals surface area contributed by atoms with Gasteiger partial charge in [-0.15, -0.1) is 16.9 Å². The van der Waals surface area contributed by atoms with E-state index >= 15 is 0 Å². The monoisotopic (exact) mass is 1200 g/mol. The third kappa shape index (κ3) is 14.3. The van der Waals surface area contributed by atoms with Crippen molar-refractivity contribution >= 4 is 80.9 Å². The fourth-order valence-electron chi connectivity index (χ4n) is 7.70. The van der Waals surface area contributed by atoms with Crippen molar-refractivity contribution in [3.05, 3.63) is 109 Å². The first-order valence-electron chi connectivity index (χ1n) is 22.7. The molecule has 21 heteroatoms. The molecule has 9 rings (SSSR count).